The molecule has 0 bridgehead atoms. The molecular weight excluding hydrogens is 296 g/mol. The van der Waals surface area contributed by atoms with E-state index in [1.54, 1.807) is 24.3 Å². The zero-order chi connectivity index (χ0) is 13.3. The van der Waals surface area contributed by atoms with E-state index in [0.717, 1.165) is 0 Å². The second-order valence-electron chi connectivity index (χ2n) is 3.38. The van der Waals surface area contributed by atoms with Crippen LogP contribution in [0.2, 0.25) is 15.3 Å². The molecule has 0 saturated carbocycles. The molecule has 0 radical (unpaired) electrons. The molecule has 0 saturated heterocycles. The number of ketones is 1. The number of halogens is 3. The number of hydrogen-bond acceptors (Lipinski definition) is 4. The van der Waals surface area contributed by atoms with Gasteiger partial charge in [0.25, 0.3) is 0 Å². The van der Waals surface area contributed by atoms with Gasteiger partial charge in [-0.2, -0.15) is 0 Å². The summed E-state index contributed by atoms with van der Waals surface area (Å²) in [7, 11) is 0. The van der Waals surface area contributed by atoms with Crippen LogP contribution in [0.5, 0.6) is 0 Å². The Bertz CT molecular complexity index is 614. The molecule has 0 unspecified atom stereocenters. The summed E-state index contributed by atoms with van der Waals surface area (Å²) < 4.78 is 0. The Kier molecular flexibility index (Phi) is 3.71. The van der Waals surface area contributed by atoms with Gasteiger partial charge in [-0.1, -0.05) is 34.8 Å². The zero-order valence-corrected chi connectivity index (χ0v) is 11.1. The summed E-state index contributed by atoms with van der Waals surface area (Å²) >= 11 is 17.1. The molecule has 0 aliphatic carbocycles. The highest BCUT2D eigenvalue weighted by Gasteiger charge is 2.17. The van der Waals surface area contributed by atoms with Gasteiger partial charge in [-0.15, -0.1) is 0 Å². The predicted molar refractivity (Wildman–Crippen MR) is 71.3 cm³/mol. The van der Waals surface area contributed by atoms with E-state index >= 15 is 0 Å². The number of carbonyl (C=O) groups excluding carboxylic acids is 1. The van der Waals surface area contributed by atoms with Crippen LogP contribution in [0.4, 0.5) is 5.82 Å². The maximum atomic E-state index is 12.1. The van der Waals surface area contributed by atoms with Crippen molar-refractivity contribution >= 4 is 46.4 Å². The highest BCUT2D eigenvalue weighted by atomic mass is 35.5. The van der Waals surface area contributed by atoms with Gasteiger partial charge in [0.1, 0.15) is 0 Å². The fraction of sp³-hybridized carbons (Fsp3) is 0. The molecule has 0 amide bonds. The van der Waals surface area contributed by atoms with E-state index in [0.29, 0.717) is 10.6 Å². The van der Waals surface area contributed by atoms with Crippen LogP contribution in [0.1, 0.15) is 16.1 Å². The Hall–Kier alpha value is -1.36. The normalized spacial score (nSPS) is 10.4. The quantitative estimate of drug-likeness (QED) is 0.865. The minimum Gasteiger partial charge on any atom is -0.382 e. The number of hydrogen-bond donors (Lipinski definition) is 1. The summed E-state index contributed by atoms with van der Waals surface area (Å²) in [5.41, 5.74) is 5.95. The van der Waals surface area contributed by atoms with Crippen LogP contribution in [0.25, 0.3) is 0 Å². The van der Waals surface area contributed by atoms with Gasteiger partial charge in [-0.3, -0.25) is 4.79 Å². The fourth-order valence-electron chi connectivity index (χ4n) is 1.31. The van der Waals surface area contributed by atoms with E-state index in [9.17, 15) is 4.79 Å². The molecule has 18 heavy (non-hydrogen) atoms. The molecule has 1 heterocycles. The average Bonchev–Trinajstić information content (AvgIpc) is 2.34. The minimum atomic E-state index is -0.393. The van der Waals surface area contributed by atoms with Gasteiger partial charge in [0.05, 0.1) is 0 Å². The minimum absolute atomic E-state index is 0.0354. The van der Waals surface area contributed by atoms with Gasteiger partial charge >= 0.3 is 0 Å². The van der Waals surface area contributed by atoms with Gasteiger partial charge in [0.15, 0.2) is 21.8 Å². The van der Waals surface area contributed by atoms with E-state index in [-0.39, 0.29) is 21.8 Å². The summed E-state index contributed by atoms with van der Waals surface area (Å²) in [4.78, 5) is 19.7. The smallest absolute Gasteiger partial charge is 0.215 e. The number of carbonyl (C=O) groups is 1. The number of nitrogen functional groups attached to an aromatic ring is 1. The van der Waals surface area contributed by atoms with E-state index < -0.39 is 5.78 Å². The Morgan fingerprint density at radius 3 is 2.17 bits per heavy atom. The molecule has 1 aromatic heterocycles. The molecule has 0 spiro atoms. The Labute approximate surface area is 118 Å². The lowest BCUT2D eigenvalue weighted by Crippen LogP contribution is -2.10. The zero-order valence-electron chi connectivity index (χ0n) is 8.82. The number of nitrogens with two attached hydrogens (primary N) is 1. The van der Waals surface area contributed by atoms with Crippen molar-refractivity contribution in [2.75, 3.05) is 5.73 Å². The lowest BCUT2D eigenvalue weighted by atomic mass is 10.1. The molecule has 0 fully saturated rings. The number of rotatable bonds is 2. The number of anilines is 1. The largest absolute Gasteiger partial charge is 0.382 e. The lowest BCUT2D eigenvalue weighted by Gasteiger charge is -2.05. The Morgan fingerprint density at radius 2 is 1.56 bits per heavy atom. The molecule has 0 aliphatic rings. The standard InChI is InChI=1S/C11H6Cl3N3O/c12-6-3-1-5(2-4-6)8(18)7-11(15)17-10(14)9(13)16-7/h1-4H,(H2,15,17). The van der Waals surface area contributed by atoms with Crippen molar-refractivity contribution in [1.82, 2.24) is 9.97 Å². The van der Waals surface area contributed by atoms with Crippen molar-refractivity contribution in [2.24, 2.45) is 0 Å². The van der Waals surface area contributed by atoms with Crippen LogP contribution in [0.15, 0.2) is 24.3 Å². The van der Waals surface area contributed by atoms with Crippen molar-refractivity contribution in [3.8, 4) is 0 Å². The maximum Gasteiger partial charge on any atom is 0.215 e. The molecule has 0 aliphatic heterocycles. The van der Waals surface area contributed by atoms with Gasteiger partial charge in [-0.05, 0) is 24.3 Å². The third-order valence-electron chi connectivity index (χ3n) is 2.16. The van der Waals surface area contributed by atoms with E-state index in [2.05, 4.69) is 9.97 Å². The third-order valence-corrected chi connectivity index (χ3v) is 3.04. The predicted octanol–water partition coefficient (Wildman–Crippen LogP) is 3.25. The van der Waals surface area contributed by atoms with E-state index in [1.165, 1.54) is 0 Å². The lowest BCUT2D eigenvalue weighted by molar-refractivity contribution is 0.103. The van der Waals surface area contributed by atoms with Crippen LogP contribution in [-0.2, 0) is 0 Å². The summed E-state index contributed by atoms with van der Waals surface area (Å²) in [6.45, 7) is 0. The van der Waals surface area contributed by atoms with E-state index in [4.69, 9.17) is 40.5 Å². The Balaban J connectivity index is 2.46. The summed E-state index contributed by atoms with van der Waals surface area (Å²) in [5, 5.41) is 0.421. The molecule has 92 valence electrons. The van der Waals surface area contributed by atoms with Gasteiger partial charge < -0.3 is 5.73 Å². The van der Waals surface area contributed by atoms with Crippen molar-refractivity contribution in [2.45, 2.75) is 0 Å². The van der Waals surface area contributed by atoms with Crippen LogP contribution < -0.4 is 5.73 Å². The first-order valence-corrected chi connectivity index (χ1v) is 5.91. The van der Waals surface area contributed by atoms with Crippen molar-refractivity contribution in [1.29, 1.82) is 0 Å². The molecule has 1 aromatic carbocycles. The highest BCUT2D eigenvalue weighted by molar-refractivity contribution is 6.40. The van der Waals surface area contributed by atoms with Crippen LogP contribution in [0.3, 0.4) is 0 Å². The molecular formula is C11H6Cl3N3O. The summed E-state index contributed by atoms with van der Waals surface area (Å²) in [6.07, 6.45) is 0. The van der Waals surface area contributed by atoms with Crippen LogP contribution in [-0.4, -0.2) is 15.8 Å². The van der Waals surface area contributed by atoms with Crippen LogP contribution >= 0.6 is 34.8 Å². The molecule has 2 rings (SSSR count). The molecule has 7 heteroatoms. The topological polar surface area (TPSA) is 68.9 Å². The average molecular weight is 303 g/mol. The van der Waals surface area contributed by atoms with E-state index in [1.807, 2.05) is 0 Å². The third kappa shape index (κ3) is 2.56. The molecule has 4 nitrogen and oxygen atoms in total. The molecule has 0 atom stereocenters. The first kappa shape index (κ1) is 13.1. The second-order valence-corrected chi connectivity index (χ2v) is 4.53. The summed E-state index contributed by atoms with van der Waals surface area (Å²) in [6, 6.07) is 6.31. The SMILES string of the molecule is Nc1nc(Cl)c(Cl)nc1C(=O)c1ccc(Cl)cc1. The maximum absolute atomic E-state index is 12.1. The van der Waals surface area contributed by atoms with Crippen molar-refractivity contribution in [3.63, 3.8) is 0 Å². The fourth-order valence-corrected chi connectivity index (χ4v) is 1.70. The van der Waals surface area contributed by atoms with Crippen molar-refractivity contribution < 1.29 is 4.79 Å². The first-order chi connectivity index (χ1) is 8.49. The van der Waals surface area contributed by atoms with Gasteiger partial charge in [0, 0.05) is 10.6 Å². The number of aromatic nitrogens is 2. The first-order valence-electron chi connectivity index (χ1n) is 4.78. The van der Waals surface area contributed by atoms with Crippen LogP contribution in [0, 0.1) is 0 Å². The number of nitrogens with zero attached hydrogens (tertiary/aromatic N) is 2. The second kappa shape index (κ2) is 5.10. The Morgan fingerprint density at radius 1 is 1.00 bits per heavy atom. The van der Waals surface area contributed by atoms with Gasteiger partial charge in [0.2, 0.25) is 5.78 Å². The number of benzene rings is 1. The highest BCUT2D eigenvalue weighted by Crippen LogP contribution is 2.22. The monoisotopic (exact) mass is 301 g/mol. The van der Waals surface area contributed by atoms with Gasteiger partial charge in [-0.25, -0.2) is 9.97 Å². The van der Waals surface area contributed by atoms with Crippen molar-refractivity contribution in [3.05, 3.63) is 50.9 Å². The summed E-state index contributed by atoms with van der Waals surface area (Å²) in [5.74, 6) is -0.459. The molecule has 2 N–H and O–H groups in total. The molecule has 2 aromatic rings.